The topological polar surface area (TPSA) is 24.4 Å². The molecule has 0 saturated carbocycles. The molecule has 1 aliphatic heterocycles. The first kappa shape index (κ1) is 5.09. The van der Waals surface area contributed by atoms with Crippen molar-refractivity contribution in [3.05, 3.63) is 24.0 Å². The molecule has 0 aromatic heterocycles. The van der Waals surface area contributed by atoms with Crippen LogP contribution < -0.4 is 5.32 Å². The Morgan fingerprint density at radius 3 is 2.62 bits per heavy atom. The number of hydrogen-bond donors (Lipinski definition) is 1. The zero-order valence-corrected chi connectivity index (χ0v) is 4.81. The van der Waals surface area contributed by atoms with E-state index in [-0.39, 0.29) is 0 Å². The molecule has 0 aromatic carbocycles. The van der Waals surface area contributed by atoms with Gasteiger partial charge in [-0.15, -0.1) is 0 Å². The number of allylic oxidation sites excluding steroid dienone is 1. The maximum absolute atomic E-state index is 3.78. The van der Waals surface area contributed by atoms with Crippen molar-refractivity contribution in [2.45, 2.75) is 0 Å². The summed E-state index contributed by atoms with van der Waals surface area (Å²) in [5.41, 5.74) is 2.02. The molecule has 0 fully saturated rings. The summed E-state index contributed by atoms with van der Waals surface area (Å²) >= 11 is 0. The van der Waals surface area contributed by atoms with E-state index in [1.807, 2.05) is 7.05 Å². The fourth-order valence-electron chi connectivity index (χ4n) is 0.449. The molecule has 1 heterocycles. The lowest BCUT2D eigenvalue weighted by atomic mass is 10.2. The molecule has 0 saturated heterocycles. The number of likely N-dealkylation sites (N-methyl/N-ethyl adjacent to an activating group) is 1. The van der Waals surface area contributed by atoms with Gasteiger partial charge < -0.3 is 5.32 Å². The minimum absolute atomic E-state index is 0.931. The van der Waals surface area contributed by atoms with E-state index in [9.17, 15) is 0 Å². The second-order valence-corrected chi connectivity index (χ2v) is 1.59. The summed E-state index contributed by atoms with van der Waals surface area (Å²) in [5.74, 6) is 0. The maximum Gasteiger partial charge on any atom is 0.0376 e. The molecule has 0 aromatic rings. The minimum atomic E-state index is 0.931. The molecule has 0 radical (unpaired) electrons. The highest BCUT2D eigenvalue weighted by atomic mass is 14.9. The Kier molecular flexibility index (Phi) is 1.16. The lowest BCUT2D eigenvalue weighted by Crippen LogP contribution is -2.09. The molecular weight excluding hydrogens is 100 g/mol. The predicted molar refractivity (Wildman–Crippen MR) is 34.8 cm³/mol. The van der Waals surface area contributed by atoms with Gasteiger partial charge >= 0.3 is 0 Å². The van der Waals surface area contributed by atoms with Crippen molar-refractivity contribution < 1.29 is 0 Å². The predicted octanol–water partition coefficient (Wildman–Crippen LogP) is 0.688. The lowest BCUT2D eigenvalue weighted by Gasteiger charge is -2.07. The van der Waals surface area contributed by atoms with E-state index in [0.29, 0.717) is 0 Å². The van der Waals surface area contributed by atoms with Gasteiger partial charge in [-0.1, -0.05) is 6.58 Å². The lowest BCUT2D eigenvalue weighted by molar-refractivity contribution is 1.02. The van der Waals surface area contributed by atoms with Crippen molar-refractivity contribution >= 4 is 6.21 Å². The van der Waals surface area contributed by atoms with Gasteiger partial charge in [0.2, 0.25) is 0 Å². The summed E-state index contributed by atoms with van der Waals surface area (Å²) in [6.45, 7) is 3.72. The smallest absolute Gasteiger partial charge is 0.0376 e. The van der Waals surface area contributed by atoms with Gasteiger partial charge in [0, 0.05) is 30.7 Å². The standard InChI is InChI=1S/C6H8N2/c1-5(7-2)6-3-8-4-6/h3-4,7H,1H2,2H3. The largest absolute Gasteiger partial charge is 0.388 e. The molecule has 8 heavy (non-hydrogen) atoms. The third kappa shape index (κ3) is 0.644. The van der Waals surface area contributed by atoms with Gasteiger partial charge in [0.05, 0.1) is 0 Å². The van der Waals surface area contributed by atoms with Crippen molar-refractivity contribution in [3.63, 3.8) is 0 Å². The van der Waals surface area contributed by atoms with Crippen LogP contribution in [-0.4, -0.2) is 13.3 Å². The summed E-state index contributed by atoms with van der Waals surface area (Å²) < 4.78 is 0. The summed E-state index contributed by atoms with van der Waals surface area (Å²) in [6.07, 6.45) is 3.55. The molecular formula is C6H8N2. The molecule has 0 atom stereocenters. The molecule has 0 spiro atoms. The van der Waals surface area contributed by atoms with E-state index in [1.54, 1.807) is 12.4 Å². The van der Waals surface area contributed by atoms with E-state index in [2.05, 4.69) is 16.9 Å². The van der Waals surface area contributed by atoms with Crippen molar-refractivity contribution in [3.8, 4) is 0 Å². The minimum Gasteiger partial charge on any atom is -0.388 e. The molecule has 1 N–H and O–H groups in total. The molecule has 0 bridgehead atoms. The Bertz CT molecular complexity index is 165. The van der Waals surface area contributed by atoms with Gasteiger partial charge in [-0.2, -0.15) is 0 Å². The SMILES string of the molecule is C=C(NC)C1=CN=C1. The molecule has 2 nitrogen and oxygen atoms in total. The first-order valence-corrected chi connectivity index (χ1v) is 2.45. The molecule has 2 heteroatoms. The van der Waals surface area contributed by atoms with E-state index >= 15 is 0 Å². The fraction of sp³-hybridized carbons (Fsp3) is 0.167. The van der Waals surface area contributed by atoms with Crippen LogP contribution >= 0.6 is 0 Å². The Hall–Kier alpha value is -1.05. The third-order valence-corrected chi connectivity index (χ3v) is 1.08. The van der Waals surface area contributed by atoms with Gasteiger partial charge in [0.1, 0.15) is 0 Å². The number of aliphatic imine (C=N–C) groups is 1. The Labute approximate surface area is 48.6 Å². The zero-order valence-electron chi connectivity index (χ0n) is 4.81. The first-order chi connectivity index (χ1) is 3.84. The Morgan fingerprint density at radius 2 is 2.50 bits per heavy atom. The van der Waals surface area contributed by atoms with Crippen LogP contribution in [0, 0.1) is 0 Å². The normalized spacial score (nSPS) is 14.4. The summed E-state index contributed by atoms with van der Waals surface area (Å²) in [6, 6.07) is 0. The highest BCUT2D eigenvalue weighted by molar-refractivity contribution is 5.89. The van der Waals surface area contributed by atoms with Crippen molar-refractivity contribution in [1.29, 1.82) is 0 Å². The van der Waals surface area contributed by atoms with Crippen LogP contribution in [0.4, 0.5) is 0 Å². The fourth-order valence-corrected chi connectivity index (χ4v) is 0.449. The van der Waals surface area contributed by atoms with Crippen LogP contribution in [0.15, 0.2) is 29.0 Å². The molecule has 1 aliphatic rings. The second kappa shape index (κ2) is 1.82. The summed E-state index contributed by atoms with van der Waals surface area (Å²) in [7, 11) is 1.84. The van der Waals surface area contributed by atoms with Crippen LogP contribution in [-0.2, 0) is 0 Å². The van der Waals surface area contributed by atoms with E-state index in [4.69, 9.17) is 0 Å². The van der Waals surface area contributed by atoms with Crippen LogP contribution in [0.5, 0.6) is 0 Å². The van der Waals surface area contributed by atoms with Gasteiger partial charge in [0.15, 0.2) is 0 Å². The van der Waals surface area contributed by atoms with E-state index in [1.165, 1.54) is 0 Å². The molecule has 0 aliphatic carbocycles. The first-order valence-electron chi connectivity index (χ1n) is 2.45. The second-order valence-electron chi connectivity index (χ2n) is 1.59. The Morgan fingerprint density at radius 1 is 1.88 bits per heavy atom. The quantitative estimate of drug-likeness (QED) is 0.553. The molecule has 0 amide bonds. The highest BCUT2D eigenvalue weighted by Crippen LogP contribution is 2.07. The summed E-state index contributed by atoms with van der Waals surface area (Å²) in [5, 5.41) is 2.91. The molecule has 1 rings (SSSR count). The van der Waals surface area contributed by atoms with E-state index < -0.39 is 0 Å². The van der Waals surface area contributed by atoms with E-state index in [0.717, 1.165) is 11.3 Å². The number of nitrogens with zero attached hydrogens (tertiary/aromatic N) is 1. The van der Waals surface area contributed by atoms with Gasteiger partial charge in [-0.05, 0) is 0 Å². The van der Waals surface area contributed by atoms with Crippen LogP contribution in [0.25, 0.3) is 0 Å². The third-order valence-electron chi connectivity index (χ3n) is 1.08. The van der Waals surface area contributed by atoms with Crippen LogP contribution in [0.3, 0.4) is 0 Å². The van der Waals surface area contributed by atoms with Gasteiger partial charge in [-0.25, -0.2) is 0 Å². The van der Waals surface area contributed by atoms with Crippen molar-refractivity contribution in [2.24, 2.45) is 4.99 Å². The monoisotopic (exact) mass is 108 g/mol. The number of nitrogens with one attached hydrogen (secondary N) is 1. The van der Waals surface area contributed by atoms with Gasteiger partial charge in [-0.3, -0.25) is 4.99 Å². The number of rotatable bonds is 2. The van der Waals surface area contributed by atoms with Crippen molar-refractivity contribution in [2.75, 3.05) is 7.05 Å². The average molecular weight is 108 g/mol. The zero-order chi connectivity index (χ0) is 5.98. The van der Waals surface area contributed by atoms with Crippen LogP contribution in [0.2, 0.25) is 0 Å². The molecule has 0 unspecified atom stereocenters. The molecule has 42 valence electrons. The van der Waals surface area contributed by atoms with Crippen LogP contribution in [0.1, 0.15) is 0 Å². The van der Waals surface area contributed by atoms with Crippen molar-refractivity contribution in [1.82, 2.24) is 5.32 Å². The Balaban J connectivity index is 2.48. The van der Waals surface area contributed by atoms with Gasteiger partial charge in [0.25, 0.3) is 0 Å². The maximum atomic E-state index is 3.78. The summed E-state index contributed by atoms with van der Waals surface area (Å²) in [4.78, 5) is 3.78. The average Bonchev–Trinajstić information content (AvgIpc) is 1.62. The number of hydrogen-bond acceptors (Lipinski definition) is 2. The highest BCUT2D eigenvalue weighted by Gasteiger charge is 2.00.